The number of ether oxygens (including phenoxy) is 1. The van der Waals surface area contributed by atoms with E-state index in [1.165, 1.54) is 21.9 Å². The summed E-state index contributed by atoms with van der Waals surface area (Å²) in [6, 6.07) is 29.9. The maximum absolute atomic E-state index is 13.5. The Hall–Kier alpha value is -4.25. The van der Waals surface area contributed by atoms with Gasteiger partial charge < -0.3 is 4.74 Å². The molecule has 1 saturated carbocycles. The largest absolute Gasteiger partial charge is 0.488 e. The number of nitrogens with zero attached hydrogens (tertiary/aromatic N) is 3. The number of hydrogen-bond acceptors (Lipinski definition) is 4. The van der Waals surface area contributed by atoms with Gasteiger partial charge >= 0.3 is 0 Å². The molecule has 1 aliphatic rings. The highest BCUT2D eigenvalue weighted by Crippen LogP contribution is 2.32. The lowest BCUT2D eigenvalue weighted by Crippen LogP contribution is -2.25. The number of aromatic nitrogens is 2. The molecule has 1 aliphatic carbocycles. The van der Waals surface area contributed by atoms with Gasteiger partial charge in [0.15, 0.2) is 0 Å². The average Bonchev–Trinajstić information content (AvgIpc) is 2.96. The van der Waals surface area contributed by atoms with Crippen LogP contribution in [0.3, 0.4) is 0 Å². The molecule has 0 spiro atoms. The van der Waals surface area contributed by atoms with Crippen LogP contribution in [-0.2, 0) is 6.61 Å². The summed E-state index contributed by atoms with van der Waals surface area (Å²) in [5.41, 5.74) is 2.55. The summed E-state index contributed by atoms with van der Waals surface area (Å²) in [4.78, 5) is 18.4. The van der Waals surface area contributed by atoms with Gasteiger partial charge in [-0.05, 0) is 53.4 Å². The van der Waals surface area contributed by atoms with Gasteiger partial charge in [-0.25, -0.2) is 4.98 Å². The maximum Gasteiger partial charge on any atom is 0.282 e. The highest BCUT2D eigenvalue weighted by molar-refractivity contribution is 5.86. The van der Waals surface area contributed by atoms with Gasteiger partial charge in [0.05, 0.1) is 17.1 Å². The fraction of sp³-hybridized carbons (Fsp3) is 0.219. The highest BCUT2D eigenvalue weighted by Gasteiger charge is 2.22. The second-order valence-electron chi connectivity index (χ2n) is 9.65. The van der Waals surface area contributed by atoms with E-state index in [4.69, 9.17) is 14.8 Å². The summed E-state index contributed by atoms with van der Waals surface area (Å²) in [6.07, 6.45) is 7.33. The molecule has 0 amide bonds. The summed E-state index contributed by atoms with van der Waals surface area (Å²) >= 11 is 0. The first kappa shape index (κ1) is 23.2. The number of hydrogen-bond donors (Lipinski definition) is 0. The molecule has 4 aromatic carbocycles. The van der Waals surface area contributed by atoms with Crippen molar-refractivity contribution in [2.45, 2.75) is 44.6 Å². The van der Waals surface area contributed by atoms with E-state index in [-0.39, 0.29) is 11.5 Å². The Balaban J connectivity index is 1.34. The second kappa shape index (κ2) is 10.4. The van der Waals surface area contributed by atoms with Crippen molar-refractivity contribution in [1.82, 2.24) is 9.66 Å². The highest BCUT2D eigenvalue weighted by atomic mass is 16.5. The van der Waals surface area contributed by atoms with Crippen LogP contribution in [0.1, 0.15) is 55.0 Å². The molecule has 0 bridgehead atoms. The van der Waals surface area contributed by atoms with Crippen molar-refractivity contribution < 1.29 is 4.74 Å². The van der Waals surface area contributed by atoms with E-state index in [2.05, 4.69) is 30.3 Å². The second-order valence-corrected chi connectivity index (χ2v) is 9.65. The minimum absolute atomic E-state index is 0.128. The lowest BCUT2D eigenvalue weighted by molar-refractivity contribution is 0.307. The van der Waals surface area contributed by atoms with Crippen molar-refractivity contribution in [3.63, 3.8) is 0 Å². The van der Waals surface area contributed by atoms with Gasteiger partial charge in [0.1, 0.15) is 18.2 Å². The first-order valence-corrected chi connectivity index (χ1v) is 13.0. The first-order chi connectivity index (χ1) is 18.3. The predicted octanol–water partition coefficient (Wildman–Crippen LogP) is 7.06. The van der Waals surface area contributed by atoms with Crippen molar-refractivity contribution in [2.24, 2.45) is 5.10 Å². The van der Waals surface area contributed by atoms with Gasteiger partial charge in [-0.1, -0.05) is 86.0 Å². The molecule has 1 fully saturated rings. The fourth-order valence-electron chi connectivity index (χ4n) is 5.29. The van der Waals surface area contributed by atoms with Gasteiger partial charge in [-0.2, -0.15) is 9.78 Å². The quantitative estimate of drug-likeness (QED) is 0.241. The number of para-hydroxylation sites is 2. The normalized spacial score (nSPS) is 14.5. The van der Waals surface area contributed by atoms with Crippen LogP contribution in [0.5, 0.6) is 5.75 Å². The minimum Gasteiger partial charge on any atom is -0.488 e. The number of benzene rings is 4. The van der Waals surface area contributed by atoms with Crippen LogP contribution in [0.2, 0.25) is 0 Å². The Labute approximate surface area is 216 Å². The molecule has 0 N–H and O–H groups in total. The summed E-state index contributed by atoms with van der Waals surface area (Å²) in [6.45, 7) is 0.441. The fourth-order valence-corrected chi connectivity index (χ4v) is 5.29. The molecule has 5 aromatic rings. The van der Waals surface area contributed by atoms with E-state index >= 15 is 0 Å². The molecule has 0 saturated heterocycles. The third-order valence-electron chi connectivity index (χ3n) is 7.24. The van der Waals surface area contributed by atoms with Crippen LogP contribution in [0.15, 0.2) is 101 Å². The van der Waals surface area contributed by atoms with E-state index in [9.17, 15) is 4.79 Å². The minimum atomic E-state index is -0.128. The van der Waals surface area contributed by atoms with E-state index in [1.807, 2.05) is 60.7 Å². The van der Waals surface area contributed by atoms with Gasteiger partial charge in [0.2, 0.25) is 0 Å². The Bertz CT molecular complexity index is 1640. The number of rotatable bonds is 6. The molecule has 1 aromatic heterocycles. The van der Waals surface area contributed by atoms with Crippen molar-refractivity contribution in [3.8, 4) is 5.75 Å². The van der Waals surface area contributed by atoms with Crippen LogP contribution in [0, 0.1) is 0 Å². The van der Waals surface area contributed by atoms with E-state index < -0.39 is 0 Å². The number of fused-ring (bicyclic) bond motifs is 2. The van der Waals surface area contributed by atoms with Crippen molar-refractivity contribution in [2.75, 3.05) is 0 Å². The molecule has 0 atom stereocenters. The molecule has 0 radical (unpaired) electrons. The predicted molar refractivity (Wildman–Crippen MR) is 150 cm³/mol. The van der Waals surface area contributed by atoms with Gasteiger partial charge in [0, 0.05) is 11.5 Å². The Morgan fingerprint density at radius 3 is 2.46 bits per heavy atom. The third kappa shape index (κ3) is 4.77. The van der Waals surface area contributed by atoms with Crippen molar-refractivity contribution in [1.29, 1.82) is 0 Å². The first-order valence-electron chi connectivity index (χ1n) is 13.0. The summed E-state index contributed by atoms with van der Waals surface area (Å²) in [5, 5.41) is 7.66. The van der Waals surface area contributed by atoms with Crippen LogP contribution >= 0.6 is 0 Å². The van der Waals surface area contributed by atoms with Crippen LogP contribution in [0.4, 0.5) is 0 Å². The molecular weight excluding hydrogens is 458 g/mol. The smallest absolute Gasteiger partial charge is 0.282 e. The lowest BCUT2D eigenvalue weighted by Gasteiger charge is -2.22. The van der Waals surface area contributed by atoms with Gasteiger partial charge in [-0.3, -0.25) is 4.79 Å². The Kier molecular flexibility index (Phi) is 6.51. The van der Waals surface area contributed by atoms with Crippen molar-refractivity contribution >= 4 is 27.9 Å². The van der Waals surface area contributed by atoms with E-state index in [0.717, 1.165) is 53.9 Å². The molecule has 6 rings (SSSR count). The maximum atomic E-state index is 13.5. The van der Waals surface area contributed by atoms with Gasteiger partial charge in [-0.15, -0.1) is 0 Å². The molecule has 184 valence electrons. The molecule has 1 heterocycles. The van der Waals surface area contributed by atoms with E-state index in [1.54, 1.807) is 6.21 Å². The molecule has 5 nitrogen and oxygen atoms in total. The molecule has 0 aliphatic heterocycles. The monoisotopic (exact) mass is 487 g/mol. The van der Waals surface area contributed by atoms with Crippen molar-refractivity contribution in [3.05, 3.63) is 118 Å². The van der Waals surface area contributed by atoms with Crippen LogP contribution < -0.4 is 10.3 Å². The Morgan fingerprint density at radius 1 is 0.838 bits per heavy atom. The SMILES string of the molecule is O=c1c2ccccc2nc(C2CCCCC2)n1N=Cc1ccccc1OCc1cccc2ccccc12. The zero-order chi connectivity index (χ0) is 25.0. The molecule has 5 heteroatoms. The van der Waals surface area contributed by atoms with Gasteiger partial charge in [0.25, 0.3) is 5.56 Å². The molecule has 0 unspecified atom stereocenters. The zero-order valence-electron chi connectivity index (χ0n) is 20.7. The third-order valence-corrected chi connectivity index (χ3v) is 7.24. The van der Waals surface area contributed by atoms with E-state index in [0.29, 0.717) is 12.0 Å². The molecule has 37 heavy (non-hydrogen) atoms. The van der Waals surface area contributed by atoms with Crippen LogP contribution in [0.25, 0.3) is 21.7 Å². The zero-order valence-corrected chi connectivity index (χ0v) is 20.7. The van der Waals surface area contributed by atoms with Crippen LogP contribution in [-0.4, -0.2) is 15.9 Å². The topological polar surface area (TPSA) is 56.5 Å². The summed E-state index contributed by atoms with van der Waals surface area (Å²) < 4.78 is 7.79. The average molecular weight is 488 g/mol. The molecular formula is C32H29N3O2. The Morgan fingerprint density at radius 2 is 1.57 bits per heavy atom. The lowest BCUT2D eigenvalue weighted by atomic mass is 9.88. The summed E-state index contributed by atoms with van der Waals surface area (Å²) in [7, 11) is 0. The standard InChI is InChI=1S/C32H29N3O2/c36-32-28-18-7-8-19-29(28)34-31(24-12-2-1-3-13-24)35(32)33-21-25-14-5-9-20-30(25)37-22-26-16-10-15-23-11-4-6-17-27(23)26/h4-11,14-21,24H,1-3,12-13,22H2. The summed E-state index contributed by atoms with van der Waals surface area (Å²) in [5.74, 6) is 1.72.